The Balaban J connectivity index is 2.01. The standard InChI is InChI=1S/C15H17/c1-10-7-8-13-11(2)12-5-3-4-6-14(12)15(13)9-10/h3-9,11-12,14-15H,1-2H3/q-1. The van der Waals surface area contributed by atoms with E-state index < -0.39 is 0 Å². The molecule has 1 fully saturated rings. The van der Waals surface area contributed by atoms with Crippen LogP contribution in [0.3, 0.4) is 0 Å². The van der Waals surface area contributed by atoms with Crippen LogP contribution < -0.4 is 0 Å². The van der Waals surface area contributed by atoms with Crippen LogP contribution in [0.25, 0.3) is 0 Å². The first-order valence-corrected chi connectivity index (χ1v) is 5.85. The number of allylic oxidation sites excluding steroid dienone is 8. The average Bonchev–Trinajstić information content (AvgIpc) is 2.54. The Kier molecular flexibility index (Phi) is 1.92. The zero-order valence-electron chi connectivity index (χ0n) is 9.35. The molecule has 15 heavy (non-hydrogen) atoms. The van der Waals surface area contributed by atoms with Gasteiger partial charge in [0.2, 0.25) is 0 Å². The van der Waals surface area contributed by atoms with Crippen LogP contribution in [0, 0.1) is 30.1 Å². The van der Waals surface area contributed by atoms with Gasteiger partial charge in [-0.15, -0.1) is 6.08 Å². The first kappa shape index (κ1) is 9.08. The van der Waals surface area contributed by atoms with Crippen LogP contribution in [0.15, 0.2) is 47.6 Å². The third kappa shape index (κ3) is 1.24. The fourth-order valence-electron chi connectivity index (χ4n) is 3.29. The normalized spacial score (nSPS) is 41.5. The Bertz CT molecular complexity index is 392. The van der Waals surface area contributed by atoms with Crippen LogP contribution in [-0.2, 0) is 0 Å². The molecule has 4 unspecified atom stereocenters. The molecule has 0 nitrogen and oxygen atoms in total. The number of fused-ring (bicyclic) bond motifs is 3. The monoisotopic (exact) mass is 197 g/mol. The van der Waals surface area contributed by atoms with E-state index in [0.29, 0.717) is 17.8 Å². The van der Waals surface area contributed by atoms with E-state index >= 15 is 0 Å². The van der Waals surface area contributed by atoms with E-state index in [1.54, 1.807) is 5.57 Å². The highest BCUT2D eigenvalue weighted by Gasteiger charge is 2.39. The number of rotatable bonds is 0. The van der Waals surface area contributed by atoms with Gasteiger partial charge < -0.3 is 0 Å². The van der Waals surface area contributed by atoms with Gasteiger partial charge in [0, 0.05) is 0 Å². The molecular weight excluding hydrogens is 180 g/mol. The lowest BCUT2D eigenvalue weighted by Gasteiger charge is -2.30. The van der Waals surface area contributed by atoms with Crippen LogP contribution in [0.5, 0.6) is 0 Å². The Morgan fingerprint density at radius 2 is 1.80 bits per heavy atom. The van der Waals surface area contributed by atoms with Crippen molar-refractivity contribution in [3.63, 3.8) is 0 Å². The molecule has 0 aliphatic heterocycles. The van der Waals surface area contributed by atoms with Crippen LogP contribution >= 0.6 is 0 Å². The Morgan fingerprint density at radius 3 is 2.60 bits per heavy atom. The molecule has 0 saturated heterocycles. The fraction of sp³-hybridized carbons (Fsp3) is 0.400. The first-order chi connectivity index (χ1) is 7.27. The van der Waals surface area contributed by atoms with Crippen molar-refractivity contribution in [1.29, 1.82) is 0 Å². The summed E-state index contributed by atoms with van der Waals surface area (Å²) in [6.45, 7) is 4.57. The number of hydrogen-bond donors (Lipinski definition) is 0. The molecule has 1 saturated carbocycles. The van der Waals surface area contributed by atoms with Gasteiger partial charge in [-0.1, -0.05) is 49.6 Å². The summed E-state index contributed by atoms with van der Waals surface area (Å²) in [4.78, 5) is 0. The summed E-state index contributed by atoms with van der Waals surface area (Å²) in [5.74, 6) is 2.81. The van der Waals surface area contributed by atoms with E-state index in [4.69, 9.17) is 0 Å². The van der Waals surface area contributed by atoms with Gasteiger partial charge in [-0.25, -0.2) is 18.1 Å². The molecule has 0 N–H and O–H groups in total. The largest absolute Gasteiger partial charge is 0.220 e. The summed E-state index contributed by atoms with van der Waals surface area (Å²) in [7, 11) is 0. The Morgan fingerprint density at radius 1 is 1.07 bits per heavy atom. The van der Waals surface area contributed by atoms with Crippen molar-refractivity contribution in [3.8, 4) is 0 Å². The first-order valence-electron chi connectivity index (χ1n) is 5.85. The lowest BCUT2D eigenvalue weighted by molar-refractivity contribution is 0.435. The summed E-state index contributed by atoms with van der Waals surface area (Å²) in [6.07, 6.45) is 16.2. The molecule has 0 aromatic carbocycles. The van der Waals surface area contributed by atoms with Crippen molar-refractivity contribution < 1.29 is 0 Å². The van der Waals surface area contributed by atoms with Gasteiger partial charge >= 0.3 is 0 Å². The molecule has 0 amide bonds. The third-order valence-electron chi connectivity index (χ3n) is 4.11. The molecule has 3 aliphatic carbocycles. The van der Waals surface area contributed by atoms with Gasteiger partial charge in [-0.05, 0) is 17.8 Å². The number of hydrogen-bond acceptors (Lipinski definition) is 0. The summed E-state index contributed by atoms with van der Waals surface area (Å²) < 4.78 is 0. The molecule has 3 rings (SSSR count). The minimum atomic E-state index is 0.663. The maximum atomic E-state index is 2.44. The smallest absolute Gasteiger partial charge is 0.0111 e. The van der Waals surface area contributed by atoms with Gasteiger partial charge in [0.05, 0.1) is 0 Å². The maximum absolute atomic E-state index is 2.44. The van der Waals surface area contributed by atoms with Crippen molar-refractivity contribution in [3.05, 3.63) is 54.0 Å². The topological polar surface area (TPSA) is 0 Å². The molecule has 3 aliphatic rings. The van der Waals surface area contributed by atoms with Crippen molar-refractivity contribution in [2.75, 3.05) is 0 Å². The predicted molar refractivity (Wildman–Crippen MR) is 64.1 cm³/mol. The van der Waals surface area contributed by atoms with Gasteiger partial charge in [-0.3, -0.25) is 0 Å². The quantitative estimate of drug-likeness (QED) is 0.519. The molecule has 0 aromatic rings. The third-order valence-corrected chi connectivity index (χ3v) is 4.11. The molecule has 0 spiro atoms. The van der Waals surface area contributed by atoms with Crippen LogP contribution in [0.1, 0.15) is 13.8 Å². The second-order valence-electron chi connectivity index (χ2n) is 4.98. The van der Waals surface area contributed by atoms with Crippen molar-refractivity contribution >= 4 is 0 Å². The van der Waals surface area contributed by atoms with E-state index in [0.717, 1.165) is 5.92 Å². The summed E-state index contributed by atoms with van der Waals surface area (Å²) in [5, 5.41) is 0. The maximum Gasteiger partial charge on any atom is -0.0111 e. The Hall–Kier alpha value is -1.17. The molecule has 4 atom stereocenters. The molecule has 78 valence electrons. The Labute approximate surface area is 92.1 Å². The van der Waals surface area contributed by atoms with Gasteiger partial charge in [-0.2, -0.15) is 0 Å². The zero-order valence-corrected chi connectivity index (χ0v) is 9.35. The van der Waals surface area contributed by atoms with E-state index in [1.165, 1.54) is 5.57 Å². The second kappa shape index (κ2) is 3.16. The molecule has 0 heterocycles. The second-order valence-corrected chi connectivity index (χ2v) is 4.98. The summed E-state index contributed by atoms with van der Waals surface area (Å²) in [6, 6.07) is 0. The van der Waals surface area contributed by atoms with E-state index in [2.05, 4.69) is 56.7 Å². The summed E-state index contributed by atoms with van der Waals surface area (Å²) >= 11 is 0. The molecular formula is C15H17-. The van der Waals surface area contributed by atoms with Gasteiger partial charge in [0.15, 0.2) is 0 Å². The summed E-state index contributed by atoms with van der Waals surface area (Å²) in [5.41, 5.74) is 3.05. The predicted octanol–water partition coefficient (Wildman–Crippen LogP) is 3.70. The van der Waals surface area contributed by atoms with Crippen molar-refractivity contribution in [2.45, 2.75) is 13.8 Å². The van der Waals surface area contributed by atoms with E-state index in [9.17, 15) is 0 Å². The zero-order chi connectivity index (χ0) is 10.4. The highest BCUT2D eigenvalue weighted by molar-refractivity contribution is 5.41. The van der Waals surface area contributed by atoms with E-state index in [-0.39, 0.29) is 0 Å². The van der Waals surface area contributed by atoms with Crippen molar-refractivity contribution in [2.24, 2.45) is 23.7 Å². The highest BCUT2D eigenvalue weighted by Crippen LogP contribution is 2.51. The van der Waals surface area contributed by atoms with Crippen LogP contribution in [-0.4, -0.2) is 0 Å². The fourth-order valence-corrected chi connectivity index (χ4v) is 3.29. The molecule has 0 radical (unpaired) electrons. The highest BCUT2D eigenvalue weighted by atomic mass is 14.5. The molecule has 0 aromatic heterocycles. The minimum Gasteiger partial charge on any atom is -0.220 e. The SMILES string of the molecule is CC1=CC=C2C(C)C3C=CC=CC3C2[CH-]1. The lowest BCUT2D eigenvalue weighted by atomic mass is 9.81. The lowest BCUT2D eigenvalue weighted by Crippen LogP contribution is -2.15. The average molecular weight is 197 g/mol. The van der Waals surface area contributed by atoms with Crippen LogP contribution in [0.2, 0.25) is 0 Å². The van der Waals surface area contributed by atoms with Crippen molar-refractivity contribution in [1.82, 2.24) is 0 Å². The molecule has 0 heteroatoms. The van der Waals surface area contributed by atoms with E-state index in [1.807, 2.05) is 0 Å². The van der Waals surface area contributed by atoms with Gasteiger partial charge in [0.1, 0.15) is 0 Å². The molecule has 0 bridgehead atoms. The van der Waals surface area contributed by atoms with Crippen LogP contribution in [0.4, 0.5) is 0 Å². The minimum absolute atomic E-state index is 0.663. The van der Waals surface area contributed by atoms with Gasteiger partial charge in [0.25, 0.3) is 0 Å².